The maximum absolute atomic E-state index is 13.3. The van der Waals surface area contributed by atoms with Crippen LogP contribution < -0.4 is 14.4 Å². The van der Waals surface area contributed by atoms with Crippen LogP contribution in [0.1, 0.15) is 15.2 Å². The summed E-state index contributed by atoms with van der Waals surface area (Å²) in [5, 5.41) is 0.707. The minimum absolute atomic E-state index is 0. The summed E-state index contributed by atoms with van der Waals surface area (Å²) in [7, 11) is 3.70. The molecule has 5 rings (SSSR count). The highest BCUT2D eigenvalue weighted by Gasteiger charge is 2.30. The number of amides is 1. The molecule has 1 aromatic heterocycles. The van der Waals surface area contributed by atoms with Gasteiger partial charge in [-0.1, -0.05) is 23.7 Å². The number of fused-ring (bicyclic) bond motifs is 1. The summed E-state index contributed by atoms with van der Waals surface area (Å²) < 4.78 is 11.6. The molecule has 0 radical (unpaired) electrons. The largest absolute Gasteiger partial charge is 0.493 e. The molecule has 0 N–H and O–H groups in total. The number of benzene rings is 2. The second-order valence-corrected chi connectivity index (χ2v) is 9.46. The van der Waals surface area contributed by atoms with Crippen molar-refractivity contribution in [2.75, 3.05) is 38.7 Å². The van der Waals surface area contributed by atoms with Gasteiger partial charge in [0.05, 0.1) is 12.0 Å². The van der Waals surface area contributed by atoms with Gasteiger partial charge in [0.2, 0.25) is 0 Å². The third kappa shape index (κ3) is 4.33. The number of thiophene rings is 1. The van der Waals surface area contributed by atoms with E-state index in [-0.39, 0.29) is 24.4 Å². The topological polar surface area (TPSA) is 42.0 Å². The first-order valence-electron chi connectivity index (χ1n) is 10.3. The van der Waals surface area contributed by atoms with E-state index in [2.05, 4.69) is 18.0 Å². The van der Waals surface area contributed by atoms with E-state index in [9.17, 15) is 4.79 Å². The molecule has 0 saturated carbocycles. The second kappa shape index (κ2) is 9.32. The minimum Gasteiger partial charge on any atom is -0.493 e. The van der Waals surface area contributed by atoms with E-state index in [0.29, 0.717) is 17.3 Å². The van der Waals surface area contributed by atoms with Crippen molar-refractivity contribution < 1.29 is 14.3 Å². The van der Waals surface area contributed by atoms with Gasteiger partial charge in [0, 0.05) is 41.3 Å². The minimum atomic E-state index is 0. The summed E-state index contributed by atoms with van der Waals surface area (Å²) in [6, 6.07) is 15.6. The number of likely N-dealkylation sites (tertiary alicyclic amines) is 1. The molecule has 0 aliphatic carbocycles. The zero-order valence-corrected chi connectivity index (χ0v) is 20.2. The van der Waals surface area contributed by atoms with Crippen molar-refractivity contribution >= 4 is 46.9 Å². The lowest BCUT2D eigenvalue weighted by Gasteiger charge is -2.36. The smallest absolute Gasteiger partial charge is 0.268 e. The predicted octanol–water partition coefficient (Wildman–Crippen LogP) is 5.39. The van der Waals surface area contributed by atoms with Crippen LogP contribution in [0.2, 0.25) is 5.02 Å². The Bertz CT molecular complexity index is 1130. The first kappa shape index (κ1) is 22.9. The molecule has 2 aromatic carbocycles. The number of carbonyl (C=O) groups excluding carboxylic acids is 1. The van der Waals surface area contributed by atoms with E-state index in [1.54, 1.807) is 7.11 Å². The molecule has 168 valence electrons. The van der Waals surface area contributed by atoms with E-state index in [1.807, 2.05) is 47.4 Å². The van der Waals surface area contributed by atoms with Crippen molar-refractivity contribution in [3.8, 4) is 21.9 Å². The van der Waals surface area contributed by atoms with Gasteiger partial charge in [0.25, 0.3) is 5.91 Å². The molecule has 2 aliphatic rings. The number of hydrogen-bond donors (Lipinski definition) is 0. The maximum atomic E-state index is 13.3. The molecule has 0 bridgehead atoms. The second-order valence-electron chi connectivity index (χ2n) is 7.97. The molecule has 1 fully saturated rings. The Kier molecular flexibility index (Phi) is 6.67. The van der Waals surface area contributed by atoms with Gasteiger partial charge < -0.3 is 14.4 Å². The lowest BCUT2D eigenvalue weighted by atomic mass is 10.1. The zero-order valence-electron chi connectivity index (χ0n) is 17.8. The number of hydrogen-bond acceptors (Lipinski definition) is 5. The summed E-state index contributed by atoms with van der Waals surface area (Å²) in [5.41, 5.74) is 3.01. The molecule has 3 aromatic rings. The number of rotatable bonds is 5. The first-order valence-corrected chi connectivity index (χ1v) is 11.4. The standard InChI is InChI=1S/C24H23ClN2O3S.ClH/c1-26-13-19(14-26)30-20-8-7-18(12-21(20)29-2)27-10-9-16-11-22(31-23(16)24(27)28)15-3-5-17(25)6-4-15;/h3-8,11-12,19H,9-10,13-14H2,1-2H3;1H. The number of methoxy groups -OCH3 is 1. The van der Waals surface area contributed by atoms with E-state index in [0.717, 1.165) is 51.8 Å². The van der Waals surface area contributed by atoms with Crippen LogP contribution in [0.25, 0.3) is 10.4 Å². The van der Waals surface area contributed by atoms with Crippen LogP contribution in [0.3, 0.4) is 0 Å². The molecule has 32 heavy (non-hydrogen) atoms. The Morgan fingerprint density at radius 2 is 1.81 bits per heavy atom. The summed E-state index contributed by atoms with van der Waals surface area (Å²) in [5.74, 6) is 1.40. The van der Waals surface area contributed by atoms with Gasteiger partial charge in [0.15, 0.2) is 11.5 Å². The molecule has 0 unspecified atom stereocenters. The Morgan fingerprint density at radius 3 is 2.50 bits per heavy atom. The van der Waals surface area contributed by atoms with Crippen LogP contribution in [0.4, 0.5) is 5.69 Å². The van der Waals surface area contributed by atoms with Crippen LogP contribution >= 0.6 is 35.3 Å². The number of likely N-dealkylation sites (N-methyl/N-ethyl adjacent to an activating group) is 1. The number of nitrogens with zero attached hydrogens (tertiary/aromatic N) is 2. The van der Waals surface area contributed by atoms with Crippen LogP contribution in [-0.2, 0) is 6.42 Å². The normalized spacial score (nSPS) is 16.2. The molecule has 5 nitrogen and oxygen atoms in total. The molecular formula is C24H24Cl2N2O3S. The fourth-order valence-corrected chi connectivity index (χ4v) is 5.36. The molecule has 3 heterocycles. The Hall–Kier alpha value is -2.25. The van der Waals surface area contributed by atoms with Crippen molar-refractivity contribution in [2.24, 2.45) is 0 Å². The van der Waals surface area contributed by atoms with Crippen molar-refractivity contribution in [1.29, 1.82) is 0 Å². The van der Waals surface area contributed by atoms with Gasteiger partial charge in [-0.3, -0.25) is 9.69 Å². The number of carbonyl (C=O) groups is 1. The fourth-order valence-electron chi connectivity index (χ4n) is 4.07. The Morgan fingerprint density at radius 1 is 1.06 bits per heavy atom. The summed E-state index contributed by atoms with van der Waals surface area (Å²) >= 11 is 7.55. The third-order valence-electron chi connectivity index (χ3n) is 5.77. The van der Waals surface area contributed by atoms with E-state index < -0.39 is 0 Å². The van der Waals surface area contributed by atoms with Gasteiger partial charge in [-0.05, 0) is 54.9 Å². The van der Waals surface area contributed by atoms with Gasteiger partial charge >= 0.3 is 0 Å². The Labute approximate surface area is 202 Å². The van der Waals surface area contributed by atoms with Gasteiger partial charge in [-0.2, -0.15) is 0 Å². The van der Waals surface area contributed by atoms with E-state index in [1.165, 1.54) is 11.3 Å². The van der Waals surface area contributed by atoms with Gasteiger partial charge in [-0.15, -0.1) is 23.7 Å². The van der Waals surface area contributed by atoms with Crippen LogP contribution in [-0.4, -0.2) is 50.7 Å². The van der Waals surface area contributed by atoms with Crippen LogP contribution in [0.15, 0.2) is 48.5 Å². The third-order valence-corrected chi connectivity index (χ3v) is 7.23. The lowest BCUT2D eigenvalue weighted by Crippen LogP contribution is -2.51. The maximum Gasteiger partial charge on any atom is 0.268 e. The quantitative estimate of drug-likeness (QED) is 0.480. The highest BCUT2D eigenvalue weighted by Crippen LogP contribution is 2.39. The lowest BCUT2D eigenvalue weighted by molar-refractivity contribution is 0.0370. The monoisotopic (exact) mass is 490 g/mol. The van der Waals surface area contributed by atoms with E-state index in [4.69, 9.17) is 21.1 Å². The van der Waals surface area contributed by atoms with Crippen molar-refractivity contribution in [1.82, 2.24) is 4.90 Å². The molecule has 1 amide bonds. The molecular weight excluding hydrogens is 467 g/mol. The number of halogens is 2. The molecule has 1 saturated heterocycles. The van der Waals surface area contributed by atoms with Crippen molar-refractivity contribution in [3.63, 3.8) is 0 Å². The molecule has 8 heteroatoms. The first-order chi connectivity index (χ1) is 15.0. The van der Waals surface area contributed by atoms with Crippen molar-refractivity contribution in [3.05, 3.63) is 64.0 Å². The summed E-state index contributed by atoms with van der Waals surface area (Å²) in [6.07, 6.45) is 1.00. The molecule has 0 atom stereocenters. The zero-order chi connectivity index (χ0) is 21.5. The predicted molar refractivity (Wildman–Crippen MR) is 132 cm³/mol. The highest BCUT2D eigenvalue weighted by molar-refractivity contribution is 7.17. The van der Waals surface area contributed by atoms with E-state index >= 15 is 0 Å². The van der Waals surface area contributed by atoms with Gasteiger partial charge in [-0.25, -0.2) is 0 Å². The Balaban J connectivity index is 0.00000245. The number of ether oxygens (including phenoxy) is 2. The fraction of sp³-hybridized carbons (Fsp3) is 0.292. The van der Waals surface area contributed by atoms with Crippen molar-refractivity contribution in [2.45, 2.75) is 12.5 Å². The molecule has 0 spiro atoms. The van der Waals surface area contributed by atoms with Gasteiger partial charge in [0.1, 0.15) is 6.10 Å². The highest BCUT2D eigenvalue weighted by atomic mass is 35.5. The average Bonchev–Trinajstić information content (AvgIpc) is 3.19. The summed E-state index contributed by atoms with van der Waals surface area (Å²) in [4.78, 5) is 19.2. The number of anilines is 1. The average molecular weight is 491 g/mol. The molecule has 2 aliphatic heterocycles. The van der Waals surface area contributed by atoms with Crippen LogP contribution in [0, 0.1) is 0 Å². The van der Waals surface area contributed by atoms with Crippen LogP contribution in [0.5, 0.6) is 11.5 Å². The summed E-state index contributed by atoms with van der Waals surface area (Å²) in [6.45, 7) is 2.46. The SMILES string of the molecule is COc1cc(N2CCc3cc(-c4ccc(Cl)cc4)sc3C2=O)ccc1OC1CN(C)C1.Cl.